The molecule has 28 heavy (non-hydrogen) atoms. The number of hydrogen-bond donors (Lipinski definition) is 2. The summed E-state index contributed by atoms with van der Waals surface area (Å²) in [6, 6.07) is 7.04. The van der Waals surface area contributed by atoms with Gasteiger partial charge in [0.05, 0.1) is 23.3 Å². The van der Waals surface area contributed by atoms with Crippen molar-refractivity contribution in [1.82, 2.24) is 19.7 Å². The molecule has 0 spiro atoms. The summed E-state index contributed by atoms with van der Waals surface area (Å²) in [6.07, 6.45) is -0.553. The maximum absolute atomic E-state index is 13.0. The first-order valence-corrected chi connectivity index (χ1v) is 9.64. The fourth-order valence-electron chi connectivity index (χ4n) is 2.47. The summed E-state index contributed by atoms with van der Waals surface area (Å²) in [4.78, 5) is 8.33. The van der Waals surface area contributed by atoms with Crippen molar-refractivity contribution in [1.29, 1.82) is 0 Å². The Morgan fingerprint density at radius 2 is 1.86 bits per heavy atom. The molecule has 1 aromatic carbocycles. The summed E-state index contributed by atoms with van der Waals surface area (Å²) in [6.45, 7) is 1.75. The third kappa shape index (κ3) is 4.14. The van der Waals surface area contributed by atoms with E-state index < -0.39 is 22.5 Å². The first-order valence-electron chi connectivity index (χ1n) is 8.08. The Labute approximate surface area is 161 Å². The van der Waals surface area contributed by atoms with Crippen molar-refractivity contribution in [2.24, 2.45) is 0 Å². The van der Waals surface area contributed by atoms with Crippen LogP contribution in [0.25, 0.3) is 5.69 Å². The van der Waals surface area contributed by atoms with Gasteiger partial charge in [-0.05, 0) is 31.2 Å². The van der Waals surface area contributed by atoms with Crippen LogP contribution in [-0.4, -0.2) is 37.3 Å². The van der Waals surface area contributed by atoms with Crippen LogP contribution in [0.4, 0.5) is 30.6 Å². The normalized spacial score (nSPS) is 12.6. The second-order valence-electron chi connectivity index (χ2n) is 5.85. The Morgan fingerprint density at radius 3 is 2.43 bits per heavy atom. The van der Waals surface area contributed by atoms with E-state index in [2.05, 4.69) is 25.7 Å². The molecule has 2 heterocycles. The highest BCUT2D eigenvalue weighted by Crippen LogP contribution is 2.34. The lowest BCUT2D eigenvalue weighted by Crippen LogP contribution is -2.12. The maximum Gasteiger partial charge on any atom is 0.421 e. The zero-order valence-electron chi connectivity index (χ0n) is 15.2. The lowest BCUT2D eigenvalue weighted by atomic mass is 10.3. The topological polar surface area (TPSA) is 84.7 Å². The molecule has 3 aromatic rings. The van der Waals surface area contributed by atoms with Crippen LogP contribution < -0.4 is 10.6 Å². The fraction of sp³-hybridized carbons (Fsp3) is 0.235. The highest BCUT2D eigenvalue weighted by atomic mass is 32.2. The average Bonchev–Trinajstić information content (AvgIpc) is 3.01. The Bertz CT molecular complexity index is 1020. The van der Waals surface area contributed by atoms with Gasteiger partial charge in [0, 0.05) is 35.2 Å². The molecule has 0 amide bonds. The number of alkyl halides is 3. The quantitative estimate of drug-likeness (QED) is 0.670. The van der Waals surface area contributed by atoms with Crippen LogP contribution in [0, 0.1) is 6.92 Å². The number of benzene rings is 1. The first kappa shape index (κ1) is 19.8. The van der Waals surface area contributed by atoms with Crippen molar-refractivity contribution in [3.05, 3.63) is 47.9 Å². The Kier molecular flexibility index (Phi) is 5.36. The fourth-order valence-corrected chi connectivity index (χ4v) is 2.99. The molecule has 0 fully saturated rings. The molecule has 1 unspecified atom stereocenters. The predicted molar refractivity (Wildman–Crippen MR) is 100 cm³/mol. The minimum Gasteiger partial charge on any atom is -0.372 e. The summed E-state index contributed by atoms with van der Waals surface area (Å²) >= 11 is 0. The van der Waals surface area contributed by atoms with Gasteiger partial charge in [-0.2, -0.15) is 23.3 Å². The second-order valence-corrected chi connectivity index (χ2v) is 7.23. The van der Waals surface area contributed by atoms with E-state index in [1.165, 1.54) is 7.05 Å². The molecule has 0 aliphatic carbocycles. The van der Waals surface area contributed by atoms with Gasteiger partial charge in [0.25, 0.3) is 0 Å². The summed E-state index contributed by atoms with van der Waals surface area (Å²) in [7, 11) is 0.283. The smallest absolute Gasteiger partial charge is 0.372 e. The molecule has 2 N–H and O–H groups in total. The van der Waals surface area contributed by atoms with Gasteiger partial charge in [-0.25, -0.2) is 9.67 Å². The molecule has 2 aromatic heterocycles. The van der Waals surface area contributed by atoms with E-state index in [9.17, 15) is 17.4 Å². The van der Waals surface area contributed by atoms with E-state index in [1.54, 1.807) is 48.3 Å². The monoisotopic (exact) mass is 410 g/mol. The third-order valence-corrected chi connectivity index (χ3v) is 4.85. The molecule has 0 bridgehead atoms. The van der Waals surface area contributed by atoms with Crippen LogP contribution in [0.15, 0.2) is 41.6 Å². The summed E-state index contributed by atoms with van der Waals surface area (Å²) in [5.74, 6) is -0.310. The van der Waals surface area contributed by atoms with Gasteiger partial charge >= 0.3 is 6.18 Å². The van der Waals surface area contributed by atoms with Crippen LogP contribution >= 0.6 is 0 Å². The molecule has 0 aliphatic heterocycles. The van der Waals surface area contributed by atoms with Gasteiger partial charge in [0.2, 0.25) is 5.95 Å². The molecule has 0 saturated carbocycles. The van der Waals surface area contributed by atoms with Crippen molar-refractivity contribution in [2.45, 2.75) is 18.0 Å². The summed E-state index contributed by atoms with van der Waals surface area (Å²) in [5.41, 5.74) is 0.957. The number of halogens is 3. The molecule has 148 valence electrons. The van der Waals surface area contributed by atoms with Crippen LogP contribution in [0.3, 0.4) is 0 Å². The van der Waals surface area contributed by atoms with Gasteiger partial charge in [-0.3, -0.25) is 4.21 Å². The molecule has 1 atom stereocenters. The van der Waals surface area contributed by atoms with Gasteiger partial charge in [-0.1, -0.05) is 0 Å². The van der Waals surface area contributed by atoms with Crippen LogP contribution in [0.1, 0.15) is 11.3 Å². The maximum atomic E-state index is 13.0. The average molecular weight is 410 g/mol. The van der Waals surface area contributed by atoms with E-state index >= 15 is 0 Å². The molecule has 7 nitrogen and oxygen atoms in total. The van der Waals surface area contributed by atoms with Gasteiger partial charge in [-0.15, -0.1) is 0 Å². The van der Waals surface area contributed by atoms with E-state index in [-0.39, 0.29) is 11.8 Å². The zero-order valence-corrected chi connectivity index (χ0v) is 16.0. The van der Waals surface area contributed by atoms with Crippen molar-refractivity contribution in [3.63, 3.8) is 0 Å². The minimum atomic E-state index is -4.55. The van der Waals surface area contributed by atoms with Gasteiger partial charge < -0.3 is 10.6 Å². The summed E-state index contributed by atoms with van der Waals surface area (Å²) < 4.78 is 51.9. The number of nitrogens with zero attached hydrogens (tertiary/aromatic N) is 4. The number of nitrogens with one attached hydrogen (secondary N) is 2. The zero-order chi connectivity index (χ0) is 20.5. The molecule has 0 aliphatic rings. The van der Waals surface area contributed by atoms with Crippen molar-refractivity contribution >= 4 is 28.3 Å². The molecular weight excluding hydrogens is 393 g/mol. The van der Waals surface area contributed by atoms with E-state index in [4.69, 9.17) is 0 Å². The number of hydrogen-bond acceptors (Lipinski definition) is 6. The van der Waals surface area contributed by atoms with Crippen LogP contribution in [0.5, 0.6) is 0 Å². The second kappa shape index (κ2) is 7.58. The van der Waals surface area contributed by atoms with E-state index in [0.717, 1.165) is 11.9 Å². The van der Waals surface area contributed by atoms with Crippen molar-refractivity contribution in [2.75, 3.05) is 23.9 Å². The standard InChI is InChI=1S/C17H17F3N6OS/c1-10-14(9-26(25-10)11-4-6-12(7-5-11)28(3)27)23-16-22-8-13(17(18,19)20)15(21-2)24-16/h4-9H,1-3H3,(H2,21,22,23,24). The van der Waals surface area contributed by atoms with Gasteiger partial charge in [0.15, 0.2) is 0 Å². The number of anilines is 3. The highest BCUT2D eigenvalue weighted by Gasteiger charge is 2.35. The molecule has 11 heteroatoms. The lowest BCUT2D eigenvalue weighted by Gasteiger charge is -2.12. The molecular formula is C17H17F3N6OS. The molecule has 0 saturated heterocycles. The van der Waals surface area contributed by atoms with E-state index in [1.807, 2.05) is 0 Å². The third-order valence-electron chi connectivity index (χ3n) is 3.91. The largest absolute Gasteiger partial charge is 0.421 e. The van der Waals surface area contributed by atoms with Crippen LogP contribution in [0.2, 0.25) is 0 Å². The van der Waals surface area contributed by atoms with Crippen molar-refractivity contribution < 1.29 is 17.4 Å². The number of aromatic nitrogens is 4. The first-order chi connectivity index (χ1) is 13.2. The summed E-state index contributed by atoms with van der Waals surface area (Å²) in [5, 5.41) is 9.69. The predicted octanol–water partition coefficient (Wildman–Crippen LogP) is 3.51. The Hall–Kier alpha value is -2.95. The Balaban J connectivity index is 1.87. The van der Waals surface area contributed by atoms with Crippen molar-refractivity contribution in [3.8, 4) is 5.69 Å². The molecule has 3 rings (SSSR count). The Morgan fingerprint density at radius 1 is 1.18 bits per heavy atom. The SMILES string of the molecule is CNc1nc(Nc2cn(-c3ccc(S(C)=O)cc3)nc2C)ncc1C(F)(F)F. The minimum absolute atomic E-state index is 0.0109. The molecule has 0 radical (unpaired) electrons. The lowest BCUT2D eigenvalue weighted by molar-refractivity contribution is -0.137. The van der Waals surface area contributed by atoms with E-state index in [0.29, 0.717) is 16.3 Å². The number of rotatable bonds is 5. The van der Waals surface area contributed by atoms with Gasteiger partial charge in [0.1, 0.15) is 11.4 Å². The van der Waals surface area contributed by atoms with Crippen LogP contribution in [-0.2, 0) is 17.0 Å². The highest BCUT2D eigenvalue weighted by molar-refractivity contribution is 7.84. The number of aryl methyl sites for hydroxylation is 1.